The number of hydrogen-bond acceptors (Lipinski definition) is 4. The Morgan fingerprint density at radius 3 is 2.88 bits per heavy atom. The number of carbonyl (C=O) groups is 1. The monoisotopic (exact) mass is 221 g/mol. The molecule has 1 aromatic carbocycles. The van der Waals surface area contributed by atoms with E-state index in [0.717, 1.165) is 0 Å². The molecular weight excluding hydrogens is 206 g/mol. The van der Waals surface area contributed by atoms with Crippen LogP contribution in [0.3, 0.4) is 0 Å². The summed E-state index contributed by atoms with van der Waals surface area (Å²) in [6.07, 6.45) is 0.973. The van der Waals surface area contributed by atoms with E-state index in [1.165, 1.54) is 11.1 Å². The minimum atomic E-state index is -0.527. The molecule has 0 bridgehead atoms. The van der Waals surface area contributed by atoms with E-state index in [1.54, 1.807) is 31.3 Å². The fraction of sp³-hybridized carbons (Fsp3) is 0.182. The zero-order valence-electron chi connectivity index (χ0n) is 9.14. The van der Waals surface area contributed by atoms with Crippen molar-refractivity contribution in [2.24, 2.45) is 0 Å². The highest BCUT2D eigenvalue weighted by Gasteiger charge is 2.16. The zero-order chi connectivity index (χ0) is 12.0. The molecule has 0 saturated carbocycles. The van der Waals surface area contributed by atoms with Crippen molar-refractivity contribution in [3.63, 3.8) is 0 Å². The molecule has 1 amide bonds. The van der Waals surface area contributed by atoms with Crippen molar-refractivity contribution in [3.8, 4) is 0 Å². The third-order valence-electron chi connectivity index (χ3n) is 1.91. The normalized spacial score (nSPS) is 9.56. The number of anilines is 2. The Morgan fingerprint density at radius 1 is 1.62 bits per heavy atom. The maximum atomic E-state index is 11.6. The minimum absolute atomic E-state index is 0.156. The Bertz CT molecular complexity index is 379. The number of hydrazine groups is 1. The summed E-state index contributed by atoms with van der Waals surface area (Å²) in [6, 6.07) is 7.01. The molecule has 0 unspecified atom stereocenters. The SMILES string of the molecule is C=CCOC(=O)N(NC)c1ccccc1N. The van der Waals surface area contributed by atoms with Gasteiger partial charge in [0.1, 0.15) is 6.61 Å². The smallest absolute Gasteiger partial charge is 0.429 e. The molecule has 0 atom stereocenters. The van der Waals surface area contributed by atoms with Crippen LogP contribution in [-0.2, 0) is 4.74 Å². The quantitative estimate of drug-likeness (QED) is 0.459. The Labute approximate surface area is 94.5 Å². The predicted molar refractivity (Wildman–Crippen MR) is 63.9 cm³/mol. The van der Waals surface area contributed by atoms with Gasteiger partial charge in [-0.3, -0.25) is 0 Å². The first kappa shape index (κ1) is 12.1. The highest BCUT2D eigenvalue weighted by Crippen LogP contribution is 2.21. The lowest BCUT2D eigenvalue weighted by molar-refractivity contribution is 0.163. The molecule has 0 saturated heterocycles. The number of para-hydroxylation sites is 2. The van der Waals surface area contributed by atoms with Gasteiger partial charge in [0.15, 0.2) is 0 Å². The molecule has 5 nitrogen and oxygen atoms in total. The Balaban J connectivity index is 2.85. The summed E-state index contributed by atoms with van der Waals surface area (Å²) in [4.78, 5) is 11.6. The summed E-state index contributed by atoms with van der Waals surface area (Å²) >= 11 is 0. The van der Waals surface area contributed by atoms with Crippen LogP contribution in [0.4, 0.5) is 16.2 Å². The van der Waals surface area contributed by atoms with Crippen LogP contribution < -0.4 is 16.2 Å². The van der Waals surface area contributed by atoms with E-state index >= 15 is 0 Å². The fourth-order valence-electron chi connectivity index (χ4n) is 1.20. The highest BCUT2D eigenvalue weighted by molar-refractivity contribution is 5.90. The van der Waals surface area contributed by atoms with Gasteiger partial charge < -0.3 is 10.5 Å². The average Bonchev–Trinajstić information content (AvgIpc) is 2.30. The topological polar surface area (TPSA) is 67.6 Å². The van der Waals surface area contributed by atoms with E-state index in [2.05, 4.69) is 12.0 Å². The zero-order valence-corrected chi connectivity index (χ0v) is 9.14. The van der Waals surface area contributed by atoms with Crippen LogP contribution in [0.15, 0.2) is 36.9 Å². The molecular formula is C11H15N3O2. The van der Waals surface area contributed by atoms with E-state index in [0.29, 0.717) is 11.4 Å². The molecule has 0 aliphatic heterocycles. The van der Waals surface area contributed by atoms with Crippen molar-refractivity contribution in [3.05, 3.63) is 36.9 Å². The summed E-state index contributed by atoms with van der Waals surface area (Å²) in [6.45, 7) is 3.62. The highest BCUT2D eigenvalue weighted by atomic mass is 16.6. The van der Waals surface area contributed by atoms with Gasteiger partial charge in [-0.25, -0.2) is 15.2 Å². The average molecular weight is 221 g/mol. The van der Waals surface area contributed by atoms with E-state index < -0.39 is 6.09 Å². The molecule has 5 heteroatoms. The van der Waals surface area contributed by atoms with Gasteiger partial charge in [-0.2, -0.15) is 0 Å². The Hall–Kier alpha value is -2.01. The van der Waals surface area contributed by atoms with E-state index in [-0.39, 0.29) is 6.61 Å². The second kappa shape index (κ2) is 5.77. The van der Waals surface area contributed by atoms with Gasteiger partial charge in [0, 0.05) is 7.05 Å². The predicted octanol–water partition coefficient (Wildman–Crippen LogP) is 1.53. The first-order chi connectivity index (χ1) is 7.70. The van der Waals surface area contributed by atoms with Crippen LogP contribution >= 0.6 is 0 Å². The van der Waals surface area contributed by atoms with E-state index in [9.17, 15) is 4.79 Å². The molecule has 0 radical (unpaired) electrons. The van der Waals surface area contributed by atoms with Crippen LogP contribution in [0.1, 0.15) is 0 Å². The molecule has 3 N–H and O–H groups in total. The van der Waals surface area contributed by atoms with E-state index in [1.807, 2.05) is 0 Å². The van der Waals surface area contributed by atoms with Gasteiger partial charge in [-0.15, -0.1) is 0 Å². The largest absolute Gasteiger partial charge is 0.444 e. The second-order valence-electron chi connectivity index (χ2n) is 2.98. The number of amides is 1. The van der Waals surface area contributed by atoms with Crippen LogP contribution in [0, 0.1) is 0 Å². The van der Waals surface area contributed by atoms with Gasteiger partial charge in [-0.05, 0) is 12.1 Å². The van der Waals surface area contributed by atoms with Crippen molar-refractivity contribution in [2.45, 2.75) is 0 Å². The maximum Gasteiger partial charge on any atom is 0.429 e. The Morgan fingerprint density at radius 2 is 2.31 bits per heavy atom. The fourth-order valence-corrected chi connectivity index (χ4v) is 1.20. The molecule has 0 aromatic heterocycles. The van der Waals surface area contributed by atoms with Gasteiger partial charge in [0.25, 0.3) is 0 Å². The summed E-state index contributed by atoms with van der Waals surface area (Å²) in [7, 11) is 1.61. The van der Waals surface area contributed by atoms with Crippen LogP contribution in [0.5, 0.6) is 0 Å². The number of nitrogens with zero attached hydrogens (tertiary/aromatic N) is 1. The summed E-state index contributed by atoms with van der Waals surface area (Å²) < 4.78 is 4.90. The number of nitrogens with one attached hydrogen (secondary N) is 1. The standard InChI is InChI=1S/C11H15N3O2/c1-3-8-16-11(15)14(13-2)10-7-5-4-6-9(10)12/h3-7,13H,1,8,12H2,2H3. The van der Waals surface area contributed by atoms with E-state index in [4.69, 9.17) is 10.5 Å². The minimum Gasteiger partial charge on any atom is -0.444 e. The number of benzene rings is 1. The number of hydrogen-bond donors (Lipinski definition) is 2. The molecule has 0 spiro atoms. The molecule has 0 fully saturated rings. The van der Waals surface area contributed by atoms with Crippen molar-refractivity contribution < 1.29 is 9.53 Å². The van der Waals surface area contributed by atoms with Crippen LogP contribution in [0.25, 0.3) is 0 Å². The van der Waals surface area contributed by atoms with Crippen molar-refractivity contribution in [1.29, 1.82) is 0 Å². The lowest BCUT2D eigenvalue weighted by Gasteiger charge is -2.21. The lowest BCUT2D eigenvalue weighted by Crippen LogP contribution is -2.41. The van der Waals surface area contributed by atoms with Crippen LogP contribution in [-0.4, -0.2) is 19.7 Å². The molecule has 0 heterocycles. The van der Waals surface area contributed by atoms with Gasteiger partial charge in [0.05, 0.1) is 11.4 Å². The molecule has 0 aliphatic carbocycles. The van der Waals surface area contributed by atoms with Gasteiger partial charge in [-0.1, -0.05) is 24.8 Å². The number of carbonyl (C=O) groups excluding carboxylic acids is 1. The summed E-state index contributed by atoms with van der Waals surface area (Å²) in [5.74, 6) is 0. The number of nitrogens with two attached hydrogens (primary N) is 1. The second-order valence-corrected chi connectivity index (χ2v) is 2.98. The third kappa shape index (κ3) is 2.74. The lowest BCUT2D eigenvalue weighted by atomic mass is 10.2. The van der Waals surface area contributed by atoms with Crippen molar-refractivity contribution in [2.75, 3.05) is 24.4 Å². The van der Waals surface area contributed by atoms with Gasteiger partial charge in [0.2, 0.25) is 0 Å². The van der Waals surface area contributed by atoms with Gasteiger partial charge >= 0.3 is 6.09 Å². The van der Waals surface area contributed by atoms with Crippen molar-refractivity contribution in [1.82, 2.24) is 5.43 Å². The first-order valence-electron chi connectivity index (χ1n) is 4.80. The van der Waals surface area contributed by atoms with Crippen molar-refractivity contribution >= 4 is 17.5 Å². The van der Waals surface area contributed by atoms with Crippen LogP contribution in [0.2, 0.25) is 0 Å². The number of rotatable bonds is 4. The summed E-state index contributed by atoms with van der Waals surface area (Å²) in [5.41, 5.74) is 9.51. The first-order valence-corrected chi connectivity index (χ1v) is 4.80. The maximum absolute atomic E-state index is 11.6. The summed E-state index contributed by atoms with van der Waals surface area (Å²) in [5, 5.41) is 1.23. The molecule has 86 valence electrons. The molecule has 1 rings (SSSR count). The molecule has 16 heavy (non-hydrogen) atoms. The third-order valence-corrected chi connectivity index (χ3v) is 1.91. The Kier molecular flexibility index (Phi) is 4.35. The molecule has 1 aromatic rings. The number of ether oxygens (including phenoxy) is 1. The molecule has 0 aliphatic rings. The number of nitrogen functional groups attached to an aromatic ring is 1.